The lowest BCUT2D eigenvalue weighted by molar-refractivity contribution is 0.0154. The van der Waals surface area contributed by atoms with E-state index < -0.39 is 5.60 Å². The smallest absolute Gasteiger partial charge is 0.410 e. The number of benzene rings is 1. The summed E-state index contributed by atoms with van der Waals surface area (Å²) in [7, 11) is 0. The molecule has 0 spiro atoms. The number of pyridine rings is 2. The van der Waals surface area contributed by atoms with Crippen LogP contribution >= 0.6 is 23.1 Å². The average molecular weight is 576 g/mol. The van der Waals surface area contributed by atoms with Gasteiger partial charge < -0.3 is 19.7 Å². The third kappa shape index (κ3) is 7.31. The van der Waals surface area contributed by atoms with Gasteiger partial charge in [-0.2, -0.15) is 0 Å². The minimum Gasteiger partial charge on any atom is -0.453 e. The first-order valence-corrected chi connectivity index (χ1v) is 15.0. The summed E-state index contributed by atoms with van der Waals surface area (Å²) in [6.07, 6.45) is 4.17. The van der Waals surface area contributed by atoms with Gasteiger partial charge in [0.25, 0.3) is 0 Å². The summed E-state index contributed by atoms with van der Waals surface area (Å²) >= 11 is 3.06. The molecule has 4 aromatic rings. The predicted molar refractivity (Wildman–Crippen MR) is 159 cm³/mol. The van der Waals surface area contributed by atoms with Crippen molar-refractivity contribution in [2.75, 3.05) is 18.4 Å². The molecule has 1 N–H and O–H groups in total. The number of amides is 1. The van der Waals surface area contributed by atoms with Crippen molar-refractivity contribution in [3.63, 3.8) is 0 Å². The minimum absolute atomic E-state index is 0.250. The van der Waals surface area contributed by atoms with Gasteiger partial charge in [0, 0.05) is 47.7 Å². The number of likely N-dealkylation sites (tertiary alicyclic amines) is 1. The lowest BCUT2D eigenvalue weighted by Gasteiger charge is -2.37. The molecule has 3 aromatic heterocycles. The van der Waals surface area contributed by atoms with Crippen LogP contribution in [0.1, 0.15) is 45.7 Å². The lowest BCUT2D eigenvalue weighted by atomic mass is 9.85. The molecule has 2 unspecified atom stereocenters. The van der Waals surface area contributed by atoms with E-state index in [0.29, 0.717) is 24.7 Å². The second kappa shape index (κ2) is 12.3. The number of carbonyl (C=O) groups excluding carboxylic acids is 1. The Kier molecular flexibility index (Phi) is 8.56. The Morgan fingerprint density at radius 2 is 1.93 bits per heavy atom. The van der Waals surface area contributed by atoms with Crippen molar-refractivity contribution in [3.8, 4) is 11.5 Å². The maximum Gasteiger partial charge on any atom is 0.410 e. The molecular weight excluding hydrogens is 542 g/mol. The van der Waals surface area contributed by atoms with Gasteiger partial charge >= 0.3 is 6.09 Å². The van der Waals surface area contributed by atoms with Crippen LogP contribution in [0.25, 0.3) is 0 Å². The van der Waals surface area contributed by atoms with Crippen molar-refractivity contribution in [3.05, 3.63) is 78.1 Å². The summed E-state index contributed by atoms with van der Waals surface area (Å²) in [5.74, 6) is 2.42. The average Bonchev–Trinajstić information content (AvgIpc) is 3.38. The molecule has 8 nitrogen and oxygen atoms in total. The van der Waals surface area contributed by atoms with Crippen molar-refractivity contribution >= 4 is 40.1 Å². The van der Waals surface area contributed by atoms with Gasteiger partial charge in [0.1, 0.15) is 16.4 Å². The Labute approximate surface area is 243 Å². The Bertz CT molecular complexity index is 1430. The highest BCUT2D eigenvalue weighted by atomic mass is 32.2. The van der Waals surface area contributed by atoms with Crippen LogP contribution in [0, 0.1) is 5.92 Å². The Hall–Kier alpha value is -3.63. The van der Waals surface area contributed by atoms with E-state index >= 15 is 0 Å². The standard InChI is InChI=1S/C30H33N5O3S2/c1-20-18-35(29(36)38-30(2,3)4)15-13-23(20)24-19-39-28(33-24)34-27-25(37-21-10-6-5-7-11-21)16-22(17-32-27)40-26-12-8-9-14-31-26/h5-12,14,16-17,19-20,23H,13,15,18H2,1-4H3,(H,32,33,34). The number of piperidine rings is 1. The molecule has 0 radical (unpaired) electrons. The normalized spacial score (nSPS) is 17.4. The highest BCUT2D eigenvalue weighted by Crippen LogP contribution is 2.38. The maximum absolute atomic E-state index is 12.6. The number of nitrogens with one attached hydrogen (secondary N) is 1. The van der Waals surface area contributed by atoms with Crippen LogP contribution in [0.2, 0.25) is 0 Å². The molecule has 0 bridgehead atoms. The van der Waals surface area contributed by atoms with E-state index in [1.54, 1.807) is 11.1 Å². The van der Waals surface area contributed by atoms with Crippen LogP contribution in [0.4, 0.5) is 15.7 Å². The highest BCUT2D eigenvalue weighted by Gasteiger charge is 2.33. The zero-order valence-electron chi connectivity index (χ0n) is 23.0. The predicted octanol–water partition coefficient (Wildman–Crippen LogP) is 7.98. The number of anilines is 2. The number of hydrogen-bond donors (Lipinski definition) is 1. The van der Waals surface area contributed by atoms with Gasteiger partial charge in [-0.25, -0.2) is 19.7 Å². The molecule has 1 amide bonds. The van der Waals surface area contributed by atoms with E-state index in [9.17, 15) is 4.79 Å². The quantitative estimate of drug-likeness (QED) is 0.237. The molecule has 10 heteroatoms. The molecule has 0 saturated carbocycles. The van der Waals surface area contributed by atoms with Gasteiger partial charge in [-0.15, -0.1) is 11.3 Å². The second-order valence-electron chi connectivity index (χ2n) is 10.7. The molecular formula is C30H33N5O3S2. The minimum atomic E-state index is -0.501. The zero-order chi connectivity index (χ0) is 28.1. The second-order valence-corrected chi connectivity index (χ2v) is 12.7. The fourth-order valence-corrected chi connectivity index (χ4v) is 6.04. The SMILES string of the molecule is CC1CN(C(=O)OC(C)(C)C)CCC1c1csc(Nc2ncc(Sc3ccccn3)cc2Oc2ccccc2)n1. The number of ether oxygens (including phenoxy) is 2. The van der Waals surface area contributed by atoms with Gasteiger partial charge in [0.2, 0.25) is 0 Å². The van der Waals surface area contributed by atoms with Gasteiger partial charge in [-0.3, -0.25) is 0 Å². The molecule has 4 heterocycles. The first-order valence-electron chi connectivity index (χ1n) is 13.3. The van der Waals surface area contributed by atoms with Crippen LogP contribution in [0.5, 0.6) is 11.5 Å². The first-order chi connectivity index (χ1) is 19.2. The van der Waals surface area contributed by atoms with Crippen molar-refractivity contribution in [2.24, 2.45) is 5.92 Å². The number of carbonyl (C=O) groups is 1. The van der Waals surface area contributed by atoms with Crippen molar-refractivity contribution in [1.29, 1.82) is 0 Å². The number of hydrogen-bond acceptors (Lipinski definition) is 9. The molecule has 2 atom stereocenters. The van der Waals surface area contributed by atoms with Crippen LogP contribution in [0.3, 0.4) is 0 Å². The van der Waals surface area contributed by atoms with E-state index in [2.05, 4.69) is 27.6 Å². The Balaban J connectivity index is 1.30. The summed E-state index contributed by atoms with van der Waals surface area (Å²) in [5, 5.41) is 7.09. The molecule has 5 rings (SSSR count). The first kappa shape index (κ1) is 27.9. The summed E-state index contributed by atoms with van der Waals surface area (Å²) in [5.41, 5.74) is 0.524. The van der Waals surface area contributed by atoms with Gasteiger partial charge in [0.15, 0.2) is 16.7 Å². The molecule has 1 aromatic carbocycles. The number of rotatable bonds is 7. The zero-order valence-corrected chi connectivity index (χ0v) is 24.7. The van der Waals surface area contributed by atoms with E-state index in [1.165, 1.54) is 23.1 Å². The molecule has 1 aliphatic rings. The number of thiazole rings is 1. The van der Waals surface area contributed by atoms with E-state index in [1.807, 2.05) is 81.6 Å². The van der Waals surface area contributed by atoms with Gasteiger partial charge in [0.05, 0.1) is 5.69 Å². The largest absolute Gasteiger partial charge is 0.453 e. The van der Waals surface area contributed by atoms with Crippen LogP contribution in [0.15, 0.2) is 82.3 Å². The van der Waals surface area contributed by atoms with E-state index in [0.717, 1.165) is 32.9 Å². The molecule has 1 fully saturated rings. The summed E-state index contributed by atoms with van der Waals surface area (Å²) in [4.78, 5) is 29.3. The molecule has 0 aliphatic carbocycles. The van der Waals surface area contributed by atoms with Crippen molar-refractivity contribution < 1.29 is 14.3 Å². The van der Waals surface area contributed by atoms with Crippen LogP contribution < -0.4 is 10.1 Å². The summed E-state index contributed by atoms with van der Waals surface area (Å²) < 4.78 is 11.8. The fraction of sp³-hybridized carbons (Fsp3) is 0.333. The van der Waals surface area contributed by atoms with E-state index in [4.69, 9.17) is 14.5 Å². The maximum atomic E-state index is 12.6. The molecule has 1 aliphatic heterocycles. The lowest BCUT2D eigenvalue weighted by Crippen LogP contribution is -2.44. The monoisotopic (exact) mass is 575 g/mol. The van der Waals surface area contributed by atoms with E-state index in [-0.39, 0.29) is 17.9 Å². The third-order valence-corrected chi connectivity index (χ3v) is 8.03. The molecule has 208 valence electrons. The van der Waals surface area contributed by atoms with Crippen molar-refractivity contribution in [1.82, 2.24) is 19.9 Å². The van der Waals surface area contributed by atoms with Gasteiger partial charge in [-0.1, -0.05) is 43.0 Å². The van der Waals surface area contributed by atoms with Crippen LogP contribution in [-0.4, -0.2) is 44.6 Å². The number of nitrogens with zero attached hydrogens (tertiary/aromatic N) is 4. The summed E-state index contributed by atoms with van der Waals surface area (Å²) in [6.45, 7) is 9.13. The third-order valence-electron chi connectivity index (χ3n) is 6.34. The number of aromatic nitrogens is 3. The van der Waals surface area contributed by atoms with Gasteiger partial charge in [-0.05, 0) is 57.4 Å². The molecule has 40 heavy (non-hydrogen) atoms. The fourth-order valence-electron chi connectivity index (χ4n) is 4.49. The van der Waals surface area contributed by atoms with Crippen molar-refractivity contribution in [2.45, 2.75) is 55.6 Å². The topological polar surface area (TPSA) is 89.5 Å². The molecule has 1 saturated heterocycles. The summed E-state index contributed by atoms with van der Waals surface area (Å²) in [6, 6.07) is 17.4. The Morgan fingerprint density at radius 1 is 1.12 bits per heavy atom. The van der Waals surface area contributed by atoms with Crippen LogP contribution in [-0.2, 0) is 4.74 Å². The Morgan fingerprint density at radius 3 is 2.65 bits per heavy atom. The highest BCUT2D eigenvalue weighted by molar-refractivity contribution is 7.99. The number of para-hydroxylation sites is 1.